The third-order valence-corrected chi connectivity index (χ3v) is 7.39. The summed E-state index contributed by atoms with van der Waals surface area (Å²) in [6.45, 7) is 6.64. The van der Waals surface area contributed by atoms with Crippen molar-refractivity contribution in [2.45, 2.75) is 50.7 Å². The maximum absolute atomic E-state index is 5.95. The monoisotopic (exact) mass is 420 g/mol. The second-order valence-corrected chi connectivity index (χ2v) is 9.58. The van der Waals surface area contributed by atoms with Gasteiger partial charge in [0, 0.05) is 32.3 Å². The molecule has 1 aromatic heterocycles. The summed E-state index contributed by atoms with van der Waals surface area (Å²) in [6.07, 6.45) is 14.0. The van der Waals surface area contributed by atoms with Crippen molar-refractivity contribution in [3.8, 4) is 0 Å². The number of piperidine rings is 1. The zero-order valence-corrected chi connectivity index (χ0v) is 18.6. The predicted molar refractivity (Wildman–Crippen MR) is 125 cm³/mol. The number of likely N-dealkylation sites (tertiary alicyclic amines) is 1. The molecule has 0 saturated carbocycles. The Kier molecular flexibility index (Phi) is 6.88. The average molecular weight is 421 g/mol. The quantitative estimate of drug-likeness (QED) is 0.621. The molecule has 2 saturated heterocycles. The van der Waals surface area contributed by atoms with E-state index in [-0.39, 0.29) is 0 Å². The van der Waals surface area contributed by atoms with Crippen LogP contribution in [0.25, 0.3) is 6.08 Å². The summed E-state index contributed by atoms with van der Waals surface area (Å²) in [5, 5.41) is 0. The first kappa shape index (κ1) is 21.0. The first-order valence-corrected chi connectivity index (χ1v) is 12.2. The largest absolute Gasteiger partial charge is 0.465 e. The fraction of sp³-hybridized carbons (Fsp3) is 0.556. The van der Waals surface area contributed by atoms with Gasteiger partial charge in [0.15, 0.2) is 0 Å². The zero-order chi connectivity index (χ0) is 20.9. The van der Waals surface area contributed by atoms with E-state index in [1.807, 2.05) is 12.1 Å². The van der Waals surface area contributed by atoms with E-state index in [4.69, 9.17) is 9.15 Å². The van der Waals surface area contributed by atoms with Gasteiger partial charge in [0.25, 0.3) is 0 Å². The lowest BCUT2D eigenvalue weighted by Crippen LogP contribution is -2.45. The molecule has 31 heavy (non-hydrogen) atoms. The molecule has 1 aliphatic carbocycles. The van der Waals surface area contributed by atoms with Crippen LogP contribution in [0.2, 0.25) is 0 Å². The summed E-state index contributed by atoms with van der Waals surface area (Å²) in [5.41, 5.74) is 3.14. The Hall–Kier alpha value is -1.88. The van der Waals surface area contributed by atoms with Gasteiger partial charge in [-0.15, -0.1) is 0 Å². The zero-order valence-electron chi connectivity index (χ0n) is 18.6. The van der Waals surface area contributed by atoms with Crippen LogP contribution in [-0.2, 0) is 17.6 Å². The first-order valence-electron chi connectivity index (χ1n) is 12.2. The van der Waals surface area contributed by atoms with Gasteiger partial charge in [0.2, 0.25) is 0 Å². The Balaban J connectivity index is 1.12. The number of fused-ring (bicyclic) bond motifs is 1. The molecule has 0 N–H and O–H groups in total. The van der Waals surface area contributed by atoms with Crippen LogP contribution in [0.5, 0.6) is 0 Å². The maximum Gasteiger partial charge on any atom is 0.126 e. The number of ether oxygens (including phenoxy) is 1. The molecule has 1 unspecified atom stereocenters. The van der Waals surface area contributed by atoms with E-state index in [1.165, 1.54) is 58.2 Å². The molecule has 0 amide bonds. The smallest absolute Gasteiger partial charge is 0.126 e. The Bertz CT molecular complexity index is 808. The van der Waals surface area contributed by atoms with Crippen molar-refractivity contribution >= 4 is 6.08 Å². The lowest BCUT2D eigenvalue weighted by atomic mass is 9.94. The highest BCUT2D eigenvalue weighted by Crippen LogP contribution is 2.29. The second-order valence-electron chi connectivity index (χ2n) is 9.58. The molecule has 2 fully saturated rings. The molecule has 3 aliphatic rings. The standard InChI is InChI=1S/C27H36N2O2/c1-2-7-24-19-25(18-23(24)6-1)29-14-11-22(12-15-29)20-28(21-27-10-5-17-31-27)13-3-8-26-9-4-16-30-26/h1-4,6-9,16,22,25,27H,5,10-15,17-21H2/b8-3+. The molecule has 4 heteroatoms. The molecular formula is C27H36N2O2. The van der Waals surface area contributed by atoms with Crippen molar-refractivity contribution < 1.29 is 9.15 Å². The SMILES string of the molecule is C(=C\c1ccco1)/CN(CC1CCN(C2Cc3ccccc3C2)CC1)CC1CCCO1. The van der Waals surface area contributed by atoms with Crippen LogP contribution in [0.4, 0.5) is 0 Å². The Labute approximate surface area is 186 Å². The minimum Gasteiger partial charge on any atom is -0.465 e. The van der Waals surface area contributed by atoms with Gasteiger partial charge in [0.05, 0.1) is 12.4 Å². The Morgan fingerprint density at radius 2 is 1.77 bits per heavy atom. The molecule has 2 aromatic rings. The lowest BCUT2D eigenvalue weighted by Gasteiger charge is -2.38. The third kappa shape index (κ3) is 5.49. The van der Waals surface area contributed by atoms with Gasteiger partial charge in [-0.3, -0.25) is 9.80 Å². The fourth-order valence-electron chi connectivity index (χ4n) is 5.66. The molecule has 0 bridgehead atoms. The van der Waals surface area contributed by atoms with Crippen LogP contribution in [0.1, 0.15) is 42.6 Å². The molecular weight excluding hydrogens is 384 g/mol. The van der Waals surface area contributed by atoms with E-state index in [0.29, 0.717) is 6.10 Å². The number of rotatable bonds is 8. The highest BCUT2D eigenvalue weighted by molar-refractivity contribution is 5.42. The van der Waals surface area contributed by atoms with E-state index in [2.05, 4.69) is 46.2 Å². The number of hydrogen-bond donors (Lipinski definition) is 0. The van der Waals surface area contributed by atoms with E-state index in [9.17, 15) is 0 Å². The highest BCUT2D eigenvalue weighted by atomic mass is 16.5. The molecule has 3 heterocycles. The maximum atomic E-state index is 5.95. The van der Waals surface area contributed by atoms with Crippen molar-refractivity contribution in [1.82, 2.24) is 9.80 Å². The summed E-state index contributed by atoms with van der Waals surface area (Å²) in [4.78, 5) is 5.37. The lowest BCUT2D eigenvalue weighted by molar-refractivity contribution is 0.0616. The molecule has 4 nitrogen and oxygen atoms in total. The van der Waals surface area contributed by atoms with Gasteiger partial charge in [-0.1, -0.05) is 30.3 Å². The van der Waals surface area contributed by atoms with Gasteiger partial charge in [-0.2, -0.15) is 0 Å². The van der Waals surface area contributed by atoms with Gasteiger partial charge < -0.3 is 9.15 Å². The fourth-order valence-corrected chi connectivity index (χ4v) is 5.66. The van der Waals surface area contributed by atoms with Crippen LogP contribution >= 0.6 is 0 Å². The normalized spacial score (nSPS) is 23.3. The molecule has 2 aliphatic heterocycles. The van der Waals surface area contributed by atoms with Crippen molar-refractivity contribution in [2.75, 3.05) is 39.3 Å². The Morgan fingerprint density at radius 1 is 0.968 bits per heavy atom. The third-order valence-electron chi connectivity index (χ3n) is 7.39. The number of furan rings is 1. The van der Waals surface area contributed by atoms with Crippen LogP contribution < -0.4 is 0 Å². The summed E-state index contributed by atoms with van der Waals surface area (Å²) >= 11 is 0. The molecule has 0 radical (unpaired) electrons. The predicted octanol–water partition coefficient (Wildman–Crippen LogP) is 4.65. The molecule has 1 aromatic carbocycles. The second kappa shape index (κ2) is 10.2. The van der Waals surface area contributed by atoms with Gasteiger partial charge in [0.1, 0.15) is 5.76 Å². The van der Waals surface area contributed by atoms with Crippen molar-refractivity contribution in [3.05, 3.63) is 65.6 Å². The van der Waals surface area contributed by atoms with Crippen molar-refractivity contribution in [2.24, 2.45) is 5.92 Å². The average Bonchev–Trinajstić information content (AvgIpc) is 3.56. The van der Waals surface area contributed by atoms with E-state index in [0.717, 1.165) is 37.4 Å². The number of hydrogen-bond acceptors (Lipinski definition) is 4. The number of nitrogens with zero attached hydrogens (tertiary/aromatic N) is 2. The molecule has 166 valence electrons. The molecule has 0 spiro atoms. The molecule has 1 atom stereocenters. The van der Waals surface area contributed by atoms with Crippen molar-refractivity contribution in [1.29, 1.82) is 0 Å². The highest BCUT2D eigenvalue weighted by Gasteiger charge is 2.30. The van der Waals surface area contributed by atoms with Crippen LogP contribution in [0.3, 0.4) is 0 Å². The minimum absolute atomic E-state index is 0.411. The summed E-state index contributed by atoms with van der Waals surface area (Å²) < 4.78 is 11.4. The van der Waals surface area contributed by atoms with Crippen LogP contribution in [-0.4, -0.2) is 61.3 Å². The topological polar surface area (TPSA) is 28.9 Å². The summed E-state index contributed by atoms with van der Waals surface area (Å²) in [5.74, 6) is 1.72. The van der Waals surface area contributed by atoms with Crippen molar-refractivity contribution in [3.63, 3.8) is 0 Å². The minimum atomic E-state index is 0.411. The summed E-state index contributed by atoms with van der Waals surface area (Å²) in [7, 11) is 0. The van der Waals surface area contributed by atoms with Crippen LogP contribution in [0, 0.1) is 5.92 Å². The van der Waals surface area contributed by atoms with E-state index in [1.54, 1.807) is 17.4 Å². The van der Waals surface area contributed by atoms with Gasteiger partial charge >= 0.3 is 0 Å². The van der Waals surface area contributed by atoms with Gasteiger partial charge in [-0.05, 0) is 86.9 Å². The molecule has 5 rings (SSSR count). The Morgan fingerprint density at radius 3 is 2.45 bits per heavy atom. The van der Waals surface area contributed by atoms with E-state index < -0.39 is 0 Å². The summed E-state index contributed by atoms with van der Waals surface area (Å²) in [6, 6.07) is 13.7. The van der Waals surface area contributed by atoms with Gasteiger partial charge in [-0.25, -0.2) is 0 Å². The first-order chi connectivity index (χ1) is 15.3. The number of benzene rings is 1. The van der Waals surface area contributed by atoms with Crippen LogP contribution in [0.15, 0.2) is 53.2 Å². The van der Waals surface area contributed by atoms with E-state index >= 15 is 0 Å².